The molecular weight excluding hydrogens is 418 g/mol. The molecule has 0 amide bonds. The Morgan fingerprint density at radius 2 is 1.50 bits per heavy atom. The van der Waals surface area contributed by atoms with Crippen molar-refractivity contribution in [3.8, 4) is 0 Å². The minimum absolute atomic E-state index is 0.331. The van der Waals surface area contributed by atoms with Crippen molar-refractivity contribution < 1.29 is 0 Å². The first kappa shape index (κ1) is 22.4. The van der Waals surface area contributed by atoms with Crippen LogP contribution >= 0.6 is 0 Å². The lowest BCUT2D eigenvalue weighted by atomic mass is 9.90. The zero-order valence-corrected chi connectivity index (χ0v) is 19.5. The number of rotatable bonds is 9. The summed E-state index contributed by atoms with van der Waals surface area (Å²) in [5, 5.41) is 3.49. The summed E-state index contributed by atoms with van der Waals surface area (Å²) in [7, 11) is 0. The van der Waals surface area contributed by atoms with Gasteiger partial charge in [-0.3, -0.25) is 19.9 Å². The van der Waals surface area contributed by atoms with E-state index in [0.29, 0.717) is 6.04 Å². The minimum atomic E-state index is 0.331. The predicted octanol–water partition coefficient (Wildman–Crippen LogP) is 5.24. The monoisotopic (exact) mass is 449 g/mol. The van der Waals surface area contributed by atoms with Gasteiger partial charge in [-0.25, -0.2) is 0 Å². The lowest BCUT2D eigenvalue weighted by Gasteiger charge is -2.35. The molecular formula is C29H31N5. The Morgan fingerprint density at radius 3 is 2.29 bits per heavy atom. The summed E-state index contributed by atoms with van der Waals surface area (Å²) in [6.45, 7) is 3.38. The second-order valence-electron chi connectivity index (χ2n) is 8.96. The van der Waals surface area contributed by atoms with E-state index in [2.05, 4.69) is 68.7 Å². The lowest BCUT2D eigenvalue weighted by molar-refractivity contribution is 0.157. The van der Waals surface area contributed by atoms with Gasteiger partial charge in [0.05, 0.1) is 17.4 Å². The minimum Gasteiger partial charge on any atom is -0.307 e. The van der Waals surface area contributed by atoms with Gasteiger partial charge in [0, 0.05) is 51.0 Å². The third-order valence-corrected chi connectivity index (χ3v) is 6.51. The van der Waals surface area contributed by atoms with Gasteiger partial charge in [0.15, 0.2) is 0 Å². The molecule has 5 heteroatoms. The van der Waals surface area contributed by atoms with Gasteiger partial charge in [0.2, 0.25) is 0 Å². The molecule has 0 spiro atoms. The SMILES string of the molecule is c1ccc(CNCc2ccc(CN(Cc3ccncc3)C3CCCc4cccnc43)cc2)nc1. The Balaban J connectivity index is 1.28. The fourth-order valence-electron chi connectivity index (χ4n) is 4.77. The standard InChI is InChI=1S/C29H31N5/c1-2-15-32-27(7-1)20-31-19-23-9-11-24(12-10-23)21-34(22-25-13-17-30-18-14-25)28-8-3-5-26-6-4-16-33-29(26)28/h1-2,4,6-7,9-18,28,31H,3,5,8,19-22H2. The Labute approximate surface area is 201 Å². The van der Waals surface area contributed by atoms with E-state index in [1.54, 1.807) is 0 Å². The van der Waals surface area contributed by atoms with E-state index in [-0.39, 0.29) is 0 Å². The molecule has 5 nitrogen and oxygen atoms in total. The van der Waals surface area contributed by atoms with Gasteiger partial charge in [-0.2, -0.15) is 0 Å². The molecule has 1 unspecified atom stereocenters. The van der Waals surface area contributed by atoms with Crippen molar-refractivity contribution in [2.45, 2.75) is 51.5 Å². The van der Waals surface area contributed by atoms with Crippen LogP contribution in [0, 0.1) is 0 Å². The number of hydrogen-bond donors (Lipinski definition) is 1. The molecule has 0 aliphatic heterocycles. The number of aryl methyl sites for hydroxylation is 1. The highest BCUT2D eigenvalue weighted by molar-refractivity contribution is 5.27. The lowest BCUT2D eigenvalue weighted by Crippen LogP contribution is -2.31. The molecule has 1 aliphatic carbocycles. The van der Waals surface area contributed by atoms with Crippen molar-refractivity contribution in [1.29, 1.82) is 0 Å². The molecule has 1 N–H and O–H groups in total. The molecule has 0 fully saturated rings. The van der Waals surface area contributed by atoms with Gasteiger partial charge in [0.25, 0.3) is 0 Å². The third-order valence-electron chi connectivity index (χ3n) is 6.51. The normalized spacial score (nSPS) is 15.3. The van der Waals surface area contributed by atoms with E-state index < -0.39 is 0 Å². The molecule has 1 aliphatic rings. The van der Waals surface area contributed by atoms with E-state index in [0.717, 1.165) is 44.7 Å². The van der Waals surface area contributed by atoms with Crippen molar-refractivity contribution in [1.82, 2.24) is 25.2 Å². The van der Waals surface area contributed by atoms with E-state index in [4.69, 9.17) is 4.98 Å². The van der Waals surface area contributed by atoms with Crippen molar-refractivity contribution in [3.05, 3.63) is 125 Å². The highest BCUT2D eigenvalue weighted by atomic mass is 15.2. The number of hydrogen-bond acceptors (Lipinski definition) is 5. The molecule has 0 saturated heterocycles. The summed E-state index contributed by atoms with van der Waals surface area (Å²) >= 11 is 0. The Morgan fingerprint density at radius 1 is 0.735 bits per heavy atom. The molecule has 3 heterocycles. The number of aromatic nitrogens is 3. The molecule has 1 atom stereocenters. The molecule has 4 aromatic rings. The van der Waals surface area contributed by atoms with Crippen LogP contribution in [-0.4, -0.2) is 19.9 Å². The van der Waals surface area contributed by atoms with Crippen LogP contribution in [0.5, 0.6) is 0 Å². The quantitative estimate of drug-likeness (QED) is 0.379. The first-order valence-electron chi connectivity index (χ1n) is 12.1. The van der Waals surface area contributed by atoms with Crippen molar-refractivity contribution in [2.24, 2.45) is 0 Å². The van der Waals surface area contributed by atoms with Crippen molar-refractivity contribution in [3.63, 3.8) is 0 Å². The van der Waals surface area contributed by atoms with Gasteiger partial charge in [-0.1, -0.05) is 36.4 Å². The topological polar surface area (TPSA) is 53.9 Å². The molecule has 0 bridgehead atoms. The molecule has 172 valence electrons. The first-order chi connectivity index (χ1) is 16.8. The summed E-state index contributed by atoms with van der Waals surface area (Å²) in [6.07, 6.45) is 11.0. The van der Waals surface area contributed by atoms with Crippen LogP contribution < -0.4 is 5.32 Å². The van der Waals surface area contributed by atoms with Crippen LogP contribution in [0.4, 0.5) is 0 Å². The number of nitrogens with zero attached hydrogens (tertiary/aromatic N) is 4. The van der Waals surface area contributed by atoms with Crippen molar-refractivity contribution in [2.75, 3.05) is 0 Å². The Kier molecular flexibility index (Phi) is 7.34. The fraction of sp³-hybridized carbons (Fsp3) is 0.276. The summed E-state index contributed by atoms with van der Waals surface area (Å²) < 4.78 is 0. The molecule has 3 aromatic heterocycles. The molecule has 0 saturated carbocycles. The van der Waals surface area contributed by atoms with E-state index in [9.17, 15) is 0 Å². The van der Waals surface area contributed by atoms with E-state index in [1.807, 2.05) is 43.0 Å². The molecule has 1 aromatic carbocycles. The average molecular weight is 450 g/mol. The number of benzene rings is 1. The largest absolute Gasteiger partial charge is 0.307 e. The van der Waals surface area contributed by atoms with Crippen LogP contribution in [0.25, 0.3) is 0 Å². The Bertz CT molecular complexity index is 1160. The first-order valence-corrected chi connectivity index (χ1v) is 12.1. The third kappa shape index (κ3) is 5.74. The van der Waals surface area contributed by atoms with Gasteiger partial charge >= 0.3 is 0 Å². The van der Waals surface area contributed by atoms with Crippen molar-refractivity contribution >= 4 is 0 Å². The predicted molar refractivity (Wildman–Crippen MR) is 135 cm³/mol. The van der Waals surface area contributed by atoms with Gasteiger partial charge in [-0.05, 0) is 71.8 Å². The number of nitrogens with one attached hydrogen (secondary N) is 1. The van der Waals surface area contributed by atoms with E-state index >= 15 is 0 Å². The highest BCUT2D eigenvalue weighted by Gasteiger charge is 2.27. The van der Waals surface area contributed by atoms with Crippen LogP contribution in [0.15, 0.2) is 91.5 Å². The van der Waals surface area contributed by atoms with Crippen LogP contribution in [0.2, 0.25) is 0 Å². The van der Waals surface area contributed by atoms with Gasteiger partial charge in [-0.15, -0.1) is 0 Å². The maximum atomic E-state index is 4.81. The maximum Gasteiger partial charge on any atom is 0.0607 e. The molecule has 0 radical (unpaired) electrons. The van der Waals surface area contributed by atoms with Gasteiger partial charge < -0.3 is 5.32 Å². The van der Waals surface area contributed by atoms with Gasteiger partial charge in [0.1, 0.15) is 0 Å². The van der Waals surface area contributed by atoms with Crippen LogP contribution in [0.3, 0.4) is 0 Å². The second-order valence-corrected chi connectivity index (χ2v) is 8.96. The Hall–Kier alpha value is -3.41. The van der Waals surface area contributed by atoms with Crippen LogP contribution in [0.1, 0.15) is 52.5 Å². The average Bonchev–Trinajstić information content (AvgIpc) is 2.90. The maximum absolute atomic E-state index is 4.81. The second kappa shape index (κ2) is 11.1. The number of fused-ring (bicyclic) bond motifs is 1. The molecule has 34 heavy (non-hydrogen) atoms. The zero-order chi connectivity index (χ0) is 23.0. The summed E-state index contributed by atoms with van der Waals surface area (Å²) in [5.74, 6) is 0. The highest BCUT2D eigenvalue weighted by Crippen LogP contribution is 2.34. The smallest absolute Gasteiger partial charge is 0.0607 e. The summed E-state index contributed by atoms with van der Waals surface area (Å²) in [6, 6.07) is 23.9. The fourth-order valence-corrected chi connectivity index (χ4v) is 4.77. The summed E-state index contributed by atoms with van der Waals surface area (Å²) in [5.41, 5.74) is 7.60. The number of pyridine rings is 3. The van der Waals surface area contributed by atoms with Crippen LogP contribution in [-0.2, 0) is 32.6 Å². The summed E-state index contributed by atoms with van der Waals surface area (Å²) in [4.78, 5) is 16.0. The zero-order valence-electron chi connectivity index (χ0n) is 19.5. The molecule has 5 rings (SSSR count). The van der Waals surface area contributed by atoms with E-state index in [1.165, 1.54) is 34.4 Å².